The van der Waals surface area contributed by atoms with Crippen LogP contribution in [0.15, 0.2) is 53.7 Å². The van der Waals surface area contributed by atoms with Crippen LogP contribution < -0.4 is 0 Å². The maximum atomic E-state index is 11.2. The first-order valence-electron chi connectivity index (χ1n) is 13.3. The summed E-state index contributed by atoms with van der Waals surface area (Å²) in [4.78, 5) is 32.0. The van der Waals surface area contributed by atoms with Gasteiger partial charge in [-0.05, 0) is 36.0 Å². The van der Waals surface area contributed by atoms with Crippen molar-refractivity contribution in [1.29, 1.82) is 5.41 Å². The number of piperidine rings is 1. The fourth-order valence-corrected chi connectivity index (χ4v) is 5.75. The lowest BCUT2D eigenvalue weighted by Crippen LogP contribution is -2.49. The zero-order chi connectivity index (χ0) is 27.4. The molecule has 10 nitrogen and oxygen atoms in total. The second-order valence-corrected chi connectivity index (χ2v) is 10.6. The van der Waals surface area contributed by atoms with Crippen LogP contribution in [-0.2, 0) is 32.1 Å². The number of nitrogens with zero attached hydrogens (tertiary/aromatic N) is 3. The third-order valence-corrected chi connectivity index (χ3v) is 7.90. The molecule has 3 heterocycles. The Hall–Kier alpha value is -3.76. The summed E-state index contributed by atoms with van der Waals surface area (Å²) in [5.41, 5.74) is 4.51. The second kappa shape index (κ2) is 11.5. The minimum atomic E-state index is -1.04. The van der Waals surface area contributed by atoms with Crippen LogP contribution in [0.3, 0.4) is 0 Å². The number of rotatable bonds is 9. The van der Waals surface area contributed by atoms with E-state index in [2.05, 4.69) is 28.3 Å². The second-order valence-electron chi connectivity index (χ2n) is 10.6. The zero-order valence-electron chi connectivity index (χ0n) is 21.8. The molecule has 3 aliphatic heterocycles. The monoisotopic (exact) mass is 534 g/mol. The summed E-state index contributed by atoms with van der Waals surface area (Å²) in [6, 6.07) is 16.2. The Morgan fingerprint density at radius 1 is 1.03 bits per heavy atom. The molecule has 0 aliphatic carbocycles. The molecular weight excluding hydrogens is 500 g/mol. The first-order chi connectivity index (χ1) is 18.8. The van der Waals surface area contributed by atoms with E-state index in [4.69, 9.17) is 20.1 Å². The number of amidine groups is 1. The molecule has 5 rings (SSSR count). The lowest BCUT2D eigenvalue weighted by atomic mass is 9.84. The number of nitrogens with one attached hydrogen (secondary N) is 1. The number of benzene rings is 2. The fraction of sp³-hybridized carbons (Fsp3) is 0.448. The van der Waals surface area contributed by atoms with Crippen LogP contribution in [0.25, 0.3) is 0 Å². The van der Waals surface area contributed by atoms with E-state index < -0.39 is 24.1 Å². The van der Waals surface area contributed by atoms with Gasteiger partial charge in [0.15, 0.2) is 0 Å². The van der Waals surface area contributed by atoms with Crippen LogP contribution in [0.5, 0.6) is 0 Å². The first kappa shape index (κ1) is 26.8. The van der Waals surface area contributed by atoms with Gasteiger partial charge in [-0.1, -0.05) is 53.7 Å². The van der Waals surface area contributed by atoms with E-state index in [-0.39, 0.29) is 12.6 Å². The first-order valence-corrected chi connectivity index (χ1v) is 13.3. The van der Waals surface area contributed by atoms with Gasteiger partial charge in [0.05, 0.1) is 17.9 Å². The van der Waals surface area contributed by atoms with Crippen molar-refractivity contribution >= 4 is 23.5 Å². The van der Waals surface area contributed by atoms with Gasteiger partial charge in [0, 0.05) is 44.6 Å². The molecule has 0 radical (unpaired) electrons. The van der Waals surface area contributed by atoms with Gasteiger partial charge < -0.3 is 24.7 Å². The number of carbonyl (C=O) groups is 2. The number of fused-ring (bicyclic) bond motifs is 1. The Labute approximate surface area is 227 Å². The number of hydrogen-bond donors (Lipinski definition) is 3. The van der Waals surface area contributed by atoms with Crippen molar-refractivity contribution in [2.75, 3.05) is 32.8 Å². The van der Waals surface area contributed by atoms with Crippen LogP contribution >= 0.6 is 0 Å². The van der Waals surface area contributed by atoms with Gasteiger partial charge in [0.2, 0.25) is 0 Å². The molecule has 39 heavy (non-hydrogen) atoms. The Morgan fingerprint density at radius 3 is 2.44 bits per heavy atom. The average Bonchev–Trinajstić information content (AvgIpc) is 3.40. The molecule has 1 fully saturated rings. The third-order valence-electron chi connectivity index (χ3n) is 7.90. The third kappa shape index (κ3) is 6.46. The smallest absolute Gasteiger partial charge is 0.329 e. The van der Waals surface area contributed by atoms with Gasteiger partial charge in [-0.3, -0.25) is 15.1 Å². The fourth-order valence-electron chi connectivity index (χ4n) is 5.75. The minimum absolute atomic E-state index is 0.0410. The summed E-state index contributed by atoms with van der Waals surface area (Å²) in [6.45, 7) is 2.14. The van der Waals surface area contributed by atoms with Crippen molar-refractivity contribution in [3.05, 3.63) is 70.8 Å². The average molecular weight is 535 g/mol. The van der Waals surface area contributed by atoms with Crippen LogP contribution in [0.4, 0.5) is 0 Å². The predicted molar refractivity (Wildman–Crippen MR) is 144 cm³/mol. The topological polar surface area (TPSA) is 136 Å². The number of carboxylic acid groups (broad SMARTS) is 2. The molecule has 0 bridgehead atoms. The molecule has 3 N–H and O–H groups in total. The Bertz CT molecular complexity index is 1250. The van der Waals surface area contributed by atoms with Crippen molar-refractivity contribution < 1.29 is 29.4 Å². The maximum absolute atomic E-state index is 11.2. The number of aliphatic carboxylic acids is 2. The molecule has 3 aliphatic rings. The summed E-state index contributed by atoms with van der Waals surface area (Å²) < 4.78 is 5.88. The van der Waals surface area contributed by atoms with Crippen LogP contribution in [0, 0.1) is 5.41 Å². The molecule has 10 heteroatoms. The molecule has 0 aromatic heterocycles. The molecule has 0 spiro atoms. The van der Waals surface area contributed by atoms with Gasteiger partial charge in [-0.25, -0.2) is 4.79 Å². The number of carboxylic acids is 2. The number of hydrogen-bond acceptors (Lipinski definition) is 7. The summed E-state index contributed by atoms with van der Waals surface area (Å²) >= 11 is 0. The van der Waals surface area contributed by atoms with E-state index in [0.29, 0.717) is 44.6 Å². The van der Waals surface area contributed by atoms with E-state index in [1.165, 1.54) is 11.1 Å². The van der Waals surface area contributed by atoms with E-state index in [1.807, 2.05) is 35.2 Å². The number of oxime groups is 1. The van der Waals surface area contributed by atoms with Crippen LogP contribution in [-0.4, -0.2) is 88.0 Å². The zero-order valence-corrected chi connectivity index (χ0v) is 21.8. The SMILES string of the molecule is N=C(c1ccc(C2=NOC(CC3(OCC(=O)O)CCN(CC(=O)O)CC3)C2)cc1)N1CCc2ccccc2C1. The summed E-state index contributed by atoms with van der Waals surface area (Å²) in [6.07, 6.45) is 2.78. The molecular formula is C29H34N4O6. The highest BCUT2D eigenvalue weighted by molar-refractivity contribution is 6.03. The van der Waals surface area contributed by atoms with E-state index in [1.54, 1.807) is 0 Å². The lowest BCUT2D eigenvalue weighted by Gasteiger charge is -2.41. The normalized spacial score (nSPS) is 20.6. The quantitative estimate of drug-likeness (QED) is 0.330. The highest BCUT2D eigenvalue weighted by Gasteiger charge is 2.41. The highest BCUT2D eigenvalue weighted by atomic mass is 16.6. The van der Waals surface area contributed by atoms with Gasteiger partial charge in [-0.2, -0.15) is 0 Å². The van der Waals surface area contributed by atoms with Gasteiger partial charge in [0.25, 0.3) is 0 Å². The molecule has 2 aromatic carbocycles. The van der Waals surface area contributed by atoms with Gasteiger partial charge in [-0.15, -0.1) is 0 Å². The molecule has 0 amide bonds. The predicted octanol–water partition coefficient (Wildman–Crippen LogP) is 2.97. The summed E-state index contributed by atoms with van der Waals surface area (Å²) in [5, 5.41) is 31.3. The standard InChI is InChI=1S/C29H34N4O6/c30-28(33-12-9-20-3-1-2-4-23(20)17-33)22-7-5-21(6-8-22)25-15-24(39-31-25)16-29(38-19-27(36)37)10-13-32(14-11-29)18-26(34)35/h1-8,24,30H,9-19H2,(H,34,35)(H,36,37). The lowest BCUT2D eigenvalue weighted by molar-refractivity contribution is -0.159. The summed E-state index contributed by atoms with van der Waals surface area (Å²) in [7, 11) is 0. The maximum Gasteiger partial charge on any atom is 0.329 e. The Kier molecular flexibility index (Phi) is 7.94. The Morgan fingerprint density at radius 2 is 1.74 bits per heavy atom. The number of likely N-dealkylation sites (tertiary alicyclic amines) is 1. The highest BCUT2D eigenvalue weighted by Crippen LogP contribution is 2.35. The molecule has 1 saturated heterocycles. The van der Waals surface area contributed by atoms with E-state index >= 15 is 0 Å². The van der Waals surface area contributed by atoms with Crippen LogP contribution in [0.2, 0.25) is 0 Å². The number of ether oxygens (including phenoxy) is 1. The summed E-state index contributed by atoms with van der Waals surface area (Å²) in [5.74, 6) is -1.41. The molecule has 1 atom stereocenters. The van der Waals surface area contributed by atoms with Crippen molar-refractivity contribution in [3.8, 4) is 0 Å². The van der Waals surface area contributed by atoms with Crippen molar-refractivity contribution in [2.24, 2.45) is 5.16 Å². The van der Waals surface area contributed by atoms with Crippen LogP contribution in [0.1, 0.15) is 47.9 Å². The van der Waals surface area contributed by atoms with E-state index in [9.17, 15) is 14.7 Å². The molecule has 206 valence electrons. The Balaban J connectivity index is 1.18. The van der Waals surface area contributed by atoms with E-state index in [0.717, 1.165) is 36.3 Å². The van der Waals surface area contributed by atoms with Crippen molar-refractivity contribution in [1.82, 2.24) is 9.80 Å². The minimum Gasteiger partial charge on any atom is -0.480 e. The van der Waals surface area contributed by atoms with Gasteiger partial charge >= 0.3 is 11.9 Å². The molecule has 2 aromatic rings. The largest absolute Gasteiger partial charge is 0.480 e. The molecule has 1 unspecified atom stereocenters. The molecule has 0 saturated carbocycles. The van der Waals surface area contributed by atoms with Crippen molar-refractivity contribution in [2.45, 2.75) is 50.4 Å². The van der Waals surface area contributed by atoms with Crippen molar-refractivity contribution in [3.63, 3.8) is 0 Å². The van der Waals surface area contributed by atoms with Gasteiger partial charge in [0.1, 0.15) is 18.5 Å².